The molecular formula is C14H26O2. The average molecular weight is 226 g/mol. The molecule has 0 heterocycles. The predicted octanol–water partition coefficient (Wildman–Crippen LogP) is 4.22. The molecule has 2 rings (SSSR count). The number of carbonyl (C=O) groups is 1. The lowest BCUT2D eigenvalue weighted by Gasteiger charge is -2.20. The second-order valence-electron chi connectivity index (χ2n) is 4.99. The van der Waals surface area contributed by atoms with E-state index in [1.165, 1.54) is 64.7 Å². The molecule has 2 aliphatic rings. The van der Waals surface area contributed by atoms with Gasteiger partial charge in [0.15, 0.2) is 0 Å². The van der Waals surface area contributed by atoms with Crippen LogP contribution >= 0.6 is 0 Å². The lowest BCUT2D eigenvalue weighted by atomic mass is 9.98. The zero-order chi connectivity index (χ0) is 11.6. The average Bonchev–Trinajstić information content (AvgIpc) is 2.32. The third-order valence-corrected chi connectivity index (χ3v) is 3.38. The summed E-state index contributed by atoms with van der Waals surface area (Å²) in [7, 11) is 0. The number of carbonyl (C=O) groups excluding carboxylic acids is 1. The van der Waals surface area contributed by atoms with Gasteiger partial charge in [0.2, 0.25) is 0 Å². The van der Waals surface area contributed by atoms with E-state index < -0.39 is 0 Å². The van der Waals surface area contributed by atoms with Gasteiger partial charge in [0, 0.05) is 6.92 Å². The van der Waals surface area contributed by atoms with E-state index in [1.807, 2.05) is 0 Å². The Balaban J connectivity index is 0.000000181. The summed E-state index contributed by atoms with van der Waals surface area (Å²) in [4.78, 5) is 10.5. The van der Waals surface area contributed by atoms with Gasteiger partial charge in [-0.25, -0.2) is 0 Å². The van der Waals surface area contributed by atoms with Crippen molar-refractivity contribution < 1.29 is 9.53 Å². The molecule has 0 radical (unpaired) electrons. The topological polar surface area (TPSA) is 26.3 Å². The quantitative estimate of drug-likeness (QED) is 0.626. The number of esters is 1. The van der Waals surface area contributed by atoms with Crippen LogP contribution in [0.15, 0.2) is 0 Å². The molecule has 16 heavy (non-hydrogen) atoms. The Bertz CT molecular complexity index is 168. The molecule has 0 aromatic heterocycles. The molecule has 0 bridgehead atoms. The highest BCUT2D eigenvalue weighted by molar-refractivity contribution is 5.66. The van der Waals surface area contributed by atoms with Crippen LogP contribution < -0.4 is 0 Å². The summed E-state index contributed by atoms with van der Waals surface area (Å²) in [6.07, 6.45) is 15.1. The van der Waals surface area contributed by atoms with Crippen molar-refractivity contribution in [1.29, 1.82) is 0 Å². The smallest absolute Gasteiger partial charge is 0.302 e. The molecule has 0 unspecified atom stereocenters. The normalized spacial score (nSPS) is 21.8. The Morgan fingerprint density at radius 1 is 0.812 bits per heavy atom. The molecule has 94 valence electrons. The zero-order valence-electron chi connectivity index (χ0n) is 10.7. The summed E-state index contributed by atoms with van der Waals surface area (Å²) in [5, 5.41) is 0. The molecule has 0 amide bonds. The highest BCUT2D eigenvalue weighted by Gasteiger charge is 2.14. The number of rotatable bonds is 1. The Morgan fingerprint density at radius 2 is 1.19 bits per heavy atom. The lowest BCUT2D eigenvalue weighted by Crippen LogP contribution is -2.18. The summed E-state index contributed by atoms with van der Waals surface area (Å²) in [6, 6.07) is 0. The Hall–Kier alpha value is -0.530. The van der Waals surface area contributed by atoms with Crippen LogP contribution in [0.4, 0.5) is 0 Å². The fourth-order valence-electron chi connectivity index (χ4n) is 2.48. The van der Waals surface area contributed by atoms with E-state index in [1.54, 1.807) is 0 Å². The van der Waals surface area contributed by atoms with Crippen LogP contribution in [-0.4, -0.2) is 12.1 Å². The first-order chi connectivity index (χ1) is 7.79. The zero-order valence-corrected chi connectivity index (χ0v) is 10.7. The van der Waals surface area contributed by atoms with Gasteiger partial charge in [-0.2, -0.15) is 0 Å². The molecule has 0 aromatic carbocycles. The van der Waals surface area contributed by atoms with Crippen LogP contribution in [-0.2, 0) is 9.53 Å². The third kappa shape index (κ3) is 6.86. The van der Waals surface area contributed by atoms with Crippen molar-refractivity contribution in [2.24, 2.45) is 0 Å². The van der Waals surface area contributed by atoms with Crippen LogP contribution in [0, 0.1) is 0 Å². The van der Waals surface area contributed by atoms with Crippen molar-refractivity contribution in [3.8, 4) is 0 Å². The SMILES string of the molecule is C1CCCCC1.CC(=O)OC1CCCCC1. The van der Waals surface area contributed by atoms with Gasteiger partial charge in [-0.1, -0.05) is 44.9 Å². The van der Waals surface area contributed by atoms with Crippen molar-refractivity contribution >= 4 is 5.97 Å². The molecule has 0 spiro atoms. The summed E-state index contributed by atoms with van der Waals surface area (Å²) in [5.41, 5.74) is 0. The van der Waals surface area contributed by atoms with Crippen molar-refractivity contribution in [2.75, 3.05) is 0 Å². The second kappa shape index (κ2) is 8.60. The van der Waals surface area contributed by atoms with Gasteiger partial charge in [-0.15, -0.1) is 0 Å². The molecule has 0 saturated heterocycles. The van der Waals surface area contributed by atoms with E-state index in [0.29, 0.717) is 0 Å². The van der Waals surface area contributed by atoms with E-state index in [2.05, 4.69) is 0 Å². The maximum Gasteiger partial charge on any atom is 0.302 e. The first-order valence-corrected chi connectivity index (χ1v) is 6.96. The molecule has 0 aliphatic heterocycles. The standard InChI is InChI=1S/C8H14O2.C6H12/c1-7(9)10-8-5-3-2-4-6-8;1-2-4-6-5-3-1/h8H,2-6H2,1H3;1-6H2. The predicted molar refractivity (Wildman–Crippen MR) is 66.3 cm³/mol. The minimum atomic E-state index is -0.132. The molecule has 2 fully saturated rings. The second-order valence-corrected chi connectivity index (χ2v) is 4.99. The van der Waals surface area contributed by atoms with Crippen LogP contribution in [0.3, 0.4) is 0 Å². The van der Waals surface area contributed by atoms with E-state index in [9.17, 15) is 4.79 Å². The minimum absolute atomic E-state index is 0.132. The molecule has 2 nitrogen and oxygen atoms in total. The van der Waals surface area contributed by atoms with Crippen molar-refractivity contribution in [2.45, 2.75) is 83.7 Å². The van der Waals surface area contributed by atoms with Crippen molar-refractivity contribution in [1.82, 2.24) is 0 Å². The van der Waals surface area contributed by atoms with Gasteiger partial charge in [0.05, 0.1) is 0 Å². The van der Waals surface area contributed by atoms with Gasteiger partial charge < -0.3 is 4.74 Å². The van der Waals surface area contributed by atoms with Gasteiger partial charge in [0.25, 0.3) is 0 Å². The Kier molecular flexibility index (Phi) is 7.28. The molecule has 2 heteroatoms. The van der Waals surface area contributed by atoms with E-state index in [0.717, 1.165) is 12.8 Å². The fraction of sp³-hybridized carbons (Fsp3) is 0.929. The van der Waals surface area contributed by atoms with Gasteiger partial charge in [0.1, 0.15) is 6.10 Å². The summed E-state index contributed by atoms with van der Waals surface area (Å²) >= 11 is 0. The largest absolute Gasteiger partial charge is 0.463 e. The van der Waals surface area contributed by atoms with Gasteiger partial charge in [-0.05, 0) is 25.7 Å². The number of hydrogen-bond donors (Lipinski definition) is 0. The van der Waals surface area contributed by atoms with Crippen LogP contribution in [0.25, 0.3) is 0 Å². The lowest BCUT2D eigenvalue weighted by molar-refractivity contribution is -0.147. The van der Waals surface area contributed by atoms with E-state index >= 15 is 0 Å². The molecular weight excluding hydrogens is 200 g/mol. The highest BCUT2D eigenvalue weighted by Crippen LogP contribution is 2.20. The molecule has 0 atom stereocenters. The molecule has 0 aromatic rings. The van der Waals surface area contributed by atoms with E-state index in [-0.39, 0.29) is 12.1 Å². The maximum atomic E-state index is 10.5. The van der Waals surface area contributed by atoms with Crippen LogP contribution in [0.1, 0.15) is 77.6 Å². The fourth-order valence-corrected chi connectivity index (χ4v) is 2.48. The Morgan fingerprint density at radius 3 is 1.56 bits per heavy atom. The van der Waals surface area contributed by atoms with Crippen LogP contribution in [0.2, 0.25) is 0 Å². The van der Waals surface area contributed by atoms with Crippen molar-refractivity contribution in [3.05, 3.63) is 0 Å². The van der Waals surface area contributed by atoms with Crippen molar-refractivity contribution in [3.63, 3.8) is 0 Å². The van der Waals surface area contributed by atoms with Gasteiger partial charge >= 0.3 is 5.97 Å². The first-order valence-electron chi connectivity index (χ1n) is 6.96. The third-order valence-electron chi connectivity index (χ3n) is 3.38. The maximum absolute atomic E-state index is 10.5. The summed E-state index contributed by atoms with van der Waals surface area (Å²) in [6.45, 7) is 1.48. The monoisotopic (exact) mass is 226 g/mol. The van der Waals surface area contributed by atoms with Gasteiger partial charge in [-0.3, -0.25) is 4.79 Å². The first kappa shape index (κ1) is 13.5. The minimum Gasteiger partial charge on any atom is -0.463 e. The number of ether oxygens (including phenoxy) is 1. The summed E-state index contributed by atoms with van der Waals surface area (Å²) < 4.78 is 5.05. The number of hydrogen-bond acceptors (Lipinski definition) is 2. The molecule has 0 N–H and O–H groups in total. The summed E-state index contributed by atoms with van der Waals surface area (Å²) in [5.74, 6) is -0.132. The molecule has 2 saturated carbocycles. The molecule has 2 aliphatic carbocycles. The Labute approximate surface area is 99.8 Å². The van der Waals surface area contributed by atoms with E-state index in [4.69, 9.17) is 4.74 Å². The highest BCUT2D eigenvalue weighted by atomic mass is 16.5. The van der Waals surface area contributed by atoms with Crippen LogP contribution in [0.5, 0.6) is 0 Å².